The summed E-state index contributed by atoms with van der Waals surface area (Å²) in [5.74, 6) is -1.14. The van der Waals surface area contributed by atoms with Crippen LogP contribution in [0, 0.1) is 6.92 Å². The Morgan fingerprint density at radius 3 is 2.62 bits per heavy atom. The molecule has 0 bridgehead atoms. The fourth-order valence-corrected chi connectivity index (χ4v) is 1.53. The number of hydrogen-bond acceptors (Lipinski definition) is 3. The Morgan fingerprint density at radius 2 is 2.19 bits per heavy atom. The summed E-state index contributed by atoms with van der Waals surface area (Å²) in [5, 5.41) is 17.9. The molecule has 0 radical (unpaired) electrons. The predicted molar refractivity (Wildman–Crippen MR) is 59.8 cm³/mol. The summed E-state index contributed by atoms with van der Waals surface area (Å²) in [6.45, 7) is 3.91. The number of hydrogen-bond donors (Lipinski definition) is 2. The number of rotatable bonds is 5. The van der Waals surface area contributed by atoms with Crippen molar-refractivity contribution in [3.05, 3.63) is 29.3 Å². The zero-order valence-corrected chi connectivity index (χ0v) is 9.43. The van der Waals surface area contributed by atoms with Crippen LogP contribution in [0.4, 0.5) is 0 Å². The molecule has 88 valence electrons. The van der Waals surface area contributed by atoms with Gasteiger partial charge < -0.3 is 14.9 Å². The van der Waals surface area contributed by atoms with E-state index in [1.807, 2.05) is 13.8 Å². The van der Waals surface area contributed by atoms with Crippen LogP contribution >= 0.6 is 0 Å². The Hall–Kier alpha value is -1.55. The van der Waals surface area contributed by atoms with E-state index in [0.29, 0.717) is 12.2 Å². The van der Waals surface area contributed by atoms with Gasteiger partial charge in [-0.1, -0.05) is 12.1 Å². The van der Waals surface area contributed by atoms with Crippen molar-refractivity contribution in [2.24, 2.45) is 0 Å². The van der Waals surface area contributed by atoms with E-state index in [1.54, 1.807) is 18.2 Å². The van der Waals surface area contributed by atoms with E-state index in [2.05, 4.69) is 0 Å². The van der Waals surface area contributed by atoms with Crippen LogP contribution in [0.2, 0.25) is 0 Å². The zero-order chi connectivity index (χ0) is 12.1. The molecule has 0 spiro atoms. The van der Waals surface area contributed by atoms with Crippen molar-refractivity contribution in [3.8, 4) is 5.75 Å². The number of benzene rings is 1. The van der Waals surface area contributed by atoms with E-state index in [4.69, 9.17) is 14.9 Å². The topological polar surface area (TPSA) is 66.8 Å². The third-order valence-corrected chi connectivity index (χ3v) is 2.38. The smallest absolute Gasteiger partial charge is 0.313 e. The van der Waals surface area contributed by atoms with Crippen molar-refractivity contribution in [2.75, 3.05) is 13.2 Å². The van der Waals surface area contributed by atoms with Gasteiger partial charge in [0.15, 0.2) is 0 Å². The van der Waals surface area contributed by atoms with Crippen molar-refractivity contribution in [3.63, 3.8) is 0 Å². The predicted octanol–water partition coefficient (Wildman–Crippen LogP) is 1.55. The van der Waals surface area contributed by atoms with Crippen molar-refractivity contribution in [2.45, 2.75) is 19.8 Å². The molecule has 4 nitrogen and oxygen atoms in total. The number of aliphatic hydroxyl groups is 1. The summed E-state index contributed by atoms with van der Waals surface area (Å²) >= 11 is 0. The Balaban J connectivity index is 2.99. The van der Waals surface area contributed by atoms with Crippen LogP contribution in [0.25, 0.3) is 0 Å². The number of carboxylic acid groups (broad SMARTS) is 1. The Kier molecular flexibility index (Phi) is 4.31. The molecule has 16 heavy (non-hydrogen) atoms. The Bertz CT molecular complexity index is 373. The lowest BCUT2D eigenvalue weighted by molar-refractivity contribution is -0.139. The molecule has 2 N–H and O–H groups in total. The SMILES string of the molecule is CCOc1ccc(C(CO)C(=O)O)cc1C. The van der Waals surface area contributed by atoms with E-state index >= 15 is 0 Å². The van der Waals surface area contributed by atoms with Gasteiger partial charge in [0.25, 0.3) is 0 Å². The zero-order valence-electron chi connectivity index (χ0n) is 9.43. The second kappa shape index (κ2) is 5.51. The quantitative estimate of drug-likeness (QED) is 0.796. The van der Waals surface area contributed by atoms with Crippen LogP contribution in [-0.2, 0) is 4.79 Å². The molecule has 0 aliphatic rings. The van der Waals surface area contributed by atoms with E-state index in [0.717, 1.165) is 11.3 Å². The first kappa shape index (κ1) is 12.5. The average molecular weight is 224 g/mol. The van der Waals surface area contributed by atoms with Gasteiger partial charge in [0.2, 0.25) is 0 Å². The minimum absolute atomic E-state index is 0.400. The van der Waals surface area contributed by atoms with Crippen molar-refractivity contribution >= 4 is 5.97 Å². The monoisotopic (exact) mass is 224 g/mol. The van der Waals surface area contributed by atoms with E-state index in [1.165, 1.54) is 0 Å². The maximum Gasteiger partial charge on any atom is 0.313 e. The highest BCUT2D eigenvalue weighted by atomic mass is 16.5. The van der Waals surface area contributed by atoms with Crippen LogP contribution in [0.15, 0.2) is 18.2 Å². The van der Waals surface area contributed by atoms with Gasteiger partial charge in [0.1, 0.15) is 11.7 Å². The highest BCUT2D eigenvalue weighted by molar-refractivity contribution is 5.76. The van der Waals surface area contributed by atoms with Crippen LogP contribution in [0.3, 0.4) is 0 Å². The maximum absolute atomic E-state index is 10.9. The molecule has 0 fully saturated rings. The summed E-state index contributed by atoms with van der Waals surface area (Å²) in [5.41, 5.74) is 1.47. The number of aliphatic hydroxyl groups excluding tert-OH is 1. The minimum Gasteiger partial charge on any atom is -0.494 e. The summed E-state index contributed by atoms with van der Waals surface area (Å²) in [7, 11) is 0. The molecule has 0 aliphatic carbocycles. The summed E-state index contributed by atoms with van der Waals surface area (Å²) in [6.07, 6.45) is 0. The van der Waals surface area contributed by atoms with Crippen molar-refractivity contribution in [1.82, 2.24) is 0 Å². The van der Waals surface area contributed by atoms with Crippen molar-refractivity contribution in [1.29, 1.82) is 0 Å². The molecule has 1 atom stereocenters. The molecule has 4 heteroatoms. The van der Waals surface area contributed by atoms with Gasteiger partial charge in [-0.15, -0.1) is 0 Å². The molecule has 0 amide bonds. The molecule has 1 unspecified atom stereocenters. The summed E-state index contributed by atoms with van der Waals surface area (Å²) in [4.78, 5) is 10.9. The number of aliphatic carboxylic acids is 1. The first-order valence-electron chi connectivity index (χ1n) is 5.17. The molecule has 0 aromatic heterocycles. The molecule has 0 saturated heterocycles. The van der Waals surface area contributed by atoms with Crippen molar-refractivity contribution < 1.29 is 19.7 Å². The van der Waals surface area contributed by atoms with Gasteiger partial charge in [-0.05, 0) is 31.0 Å². The lowest BCUT2D eigenvalue weighted by Gasteiger charge is -2.12. The fourth-order valence-electron chi connectivity index (χ4n) is 1.53. The molecule has 0 heterocycles. The lowest BCUT2D eigenvalue weighted by Crippen LogP contribution is -2.15. The second-order valence-electron chi connectivity index (χ2n) is 3.53. The van der Waals surface area contributed by atoms with Gasteiger partial charge in [-0.3, -0.25) is 4.79 Å². The highest BCUT2D eigenvalue weighted by Gasteiger charge is 2.19. The molecule has 1 rings (SSSR count). The first-order valence-corrected chi connectivity index (χ1v) is 5.17. The molecule has 1 aromatic carbocycles. The number of ether oxygens (including phenoxy) is 1. The lowest BCUT2D eigenvalue weighted by atomic mass is 9.98. The van der Waals surface area contributed by atoms with Crippen LogP contribution in [-0.4, -0.2) is 29.4 Å². The fraction of sp³-hybridized carbons (Fsp3) is 0.417. The molecular weight excluding hydrogens is 208 g/mol. The number of aryl methyl sites for hydroxylation is 1. The molecule has 1 aromatic rings. The normalized spacial score (nSPS) is 12.2. The van der Waals surface area contributed by atoms with Crippen LogP contribution < -0.4 is 4.74 Å². The van der Waals surface area contributed by atoms with Gasteiger partial charge >= 0.3 is 5.97 Å². The molecule has 0 saturated carbocycles. The third kappa shape index (κ3) is 2.73. The third-order valence-electron chi connectivity index (χ3n) is 2.38. The van der Waals surface area contributed by atoms with Gasteiger partial charge in [-0.2, -0.15) is 0 Å². The largest absolute Gasteiger partial charge is 0.494 e. The van der Waals surface area contributed by atoms with E-state index < -0.39 is 18.5 Å². The minimum atomic E-state index is -1.02. The molecular formula is C12H16O4. The van der Waals surface area contributed by atoms with Gasteiger partial charge in [-0.25, -0.2) is 0 Å². The second-order valence-corrected chi connectivity index (χ2v) is 3.53. The van der Waals surface area contributed by atoms with Gasteiger partial charge in [0.05, 0.1) is 13.2 Å². The van der Waals surface area contributed by atoms with Gasteiger partial charge in [0, 0.05) is 0 Å². The number of carbonyl (C=O) groups is 1. The summed E-state index contributed by atoms with van der Waals surface area (Å²) < 4.78 is 5.36. The first-order chi connectivity index (χ1) is 7.60. The van der Waals surface area contributed by atoms with Crippen LogP contribution in [0.1, 0.15) is 24.0 Å². The van der Waals surface area contributed by atoms with Crippen LogP contribution in [0.5, 0.6) is 5.75 Å². The Morgan fingerprint density at radius 1 is 1.50 bits per heavy atom. The standard InChI is InChI=1S/C12H16O4/c1-3-16-11-5-4-9(6-8(11)2)10(7-13)12(14)15/h4-6,10,13H,3,7H2,1-2H3,(H,14,15). The number of carboxylic acids is 1. The highest BCUT2D eigenvalue weighted by Crippen LogP contribution is 2.24. The van der Waals surface area contributed by atoms with E-state index in [-0.39, 0.29) is 0 Å². The average Bonchev–Trinajstić information content (AvgIpc) is 2.22. The summed E-state index contributed by atoms with van der Waals surface area (Å²) in [6, 6.07) is 5.15. The Labute approximate surface area is 94.5 Å². The maximum atomic E-state index is 10.9. The van der Waals surface area contributed by atoms with E-state index in [9.17, 15) is 4.79 Å². The molecule has 0 aliphatic heterocycles.